The monoisotopic (exact) mass is 282 g/mol. The lowest BCUT2D eigenvalue weighted by molar-refractivity contribution is 0.135. The minimum absolute atomic E-state index is 0.00431. The molecule has 1 aliphatic carbocycles. The molecule has 0 radical (unpaired) electrons. The fourth-order valence-electron chi connectivity index (χ4n) is 2.96. The number of nitrogens with zero attached hydrogens (tertiary/aromatic N) is 1. The summed E-state index contributed by atoms with van der Waals surface area (Å²) >= 11 is 0. The number of aliphatic hydroxyl groups is 1. The largest absolute Gasteiger partial charge is 0.387 e. The van der Waals surface area contributed by atoms with Crippen LogP contribution < -0.4 is 5.32 Å². The Labute approximate surface area is 126 Å². The molecule has 1 aromatic heterocycles. The quantitative estimate of drug-likeness (QED) is 0.886. The first-order valence-electron chi connectivity index (χ1n) is 7.66. The van der Waals surface area contributed by atoms with Gasteiger partial charge in [-0.15, -0.1) is 0 Å². The van der Waals surface area contributed by atoms with Gasteiger partial charge in [-0.25, -0.2) is 0 Å². The standard InChI is InChI=1S/C18H22N2O/c1-13(20-12-14-4-3-9-19-11-14)18(21)17-8-7-15-5-2-6-16(15)10-17/h3-4,7-11,13,18,20-21H,2,5-6,12H2,1H3. The van der Waals surface area contributed by atoms with Crippen molar-refractivity contribution >= 4 is 0 Å². The molecule has 0 spiro atoms. The minimum Gasteiger partial charge on any atom is -0.387 e. The molecular weight excluding hydrogens is 260 g/mol. The van der Waals surface area contributed by atoms with E-state index in [1.165, 1.54) is 24.0 Å². The Morgan fingerprint density at radius 1 is 1.24 bits per heavy atom. The van der Waals surface area contributed by atoms with Gasteiger partial charge in [0.05, 0.1) is 6.10 Å². The molecule has 21 heavy (non-hydrogen) atoms. The molecule has 1 aliphatic rings. The molecule has 0 saturated carbocycles. The summed E-state index contributed by atoms with van der Waals surface area (Å²) in [5, 5.41) is 13.9. The van der Waals surface area contributed by atoms with Crippen molar-refractivity contribution in [2.24, 2.45) is 0 Å². The highest BCUT2D eigenvalue weighted by molar-refractivity contribution is 5.36. The predicted molar refractivity (Wildman–Crippen MR) is 84.0 cm³/mol. The van der Waals surface area contributed by atoms with Crippen LogP contribution in [0, 0.1) is 0 Å². The van der Waals surface area contributed by atoms with Gasteiger partial charge in [0.2, 0.25) is 0 Å². The molecule has 110 valence electrons. The van der Waals surface area contributed by atoms with Crippen molar-refractivity contribution in [1.82, 2.24) is 10.3 Å². The summed E-state index contributed by atoms with van der Waals surface area (Å²) < 4.78 is 0. The van der Waals surface area contributed by atoms with Crippen LogP contribution in [0.5, 0.6) is 0 Å². The van der Waals surface area contributed by atoms with Crippen molar-refractivity contribution in [3.63, 3.8) is 0 Å². The number of aryl methyl sites for hydroxylation is 2. The van der Waals surface area contributed by atoms with Crippen LogP contribution in [0.1, 0.15) is 41.7 Å². The molecule has 0 amide bonds. The Hall–Kier alpha value is -1.71. The highest BCUT2D eigenvalue weighted by Gasteiger charge is 2.18. The van der Waals surface area contributed by atoms with E-state index in [9.17, 15) is 5.11 Å². The lowest BCUT2D eigenvalue weighted by Crippen LogP contribution is -2.31. The van der Waals surface area contributed by atoms with E-state index in [0.29, 0.717) is 0 Å². The van der Waals surface area contributed by atoms with Gasteiger partial charge in [0, 0.05) is 25.0 Å². The van der Waals surface area contributed by atoms with E-state index < -0.39 is 6.10 Å². The maximum atomic E-state index is 10.5. The fraction of sp³-hybridized carbons (Fsp3) is 0.389. The average molecular weight is 282 g/mol. The molecule has 3 rings (SSSR count). The zero-order valence-corrected chi connectivity index (χ0v) is 12.4. The molecule has 2 N–H and O–H groups in total. The Morgan fingerprint density at radius 3 is 2.90 bits per heavy atom. The van der Waals surface area contributed by atoms with Crippen LogP contribution in [-0.4, -0.2) is 16.1 Å². The van der Waals surface area contributed by atoms with Gasteiger partial charge >= 0.3 is 0 Å². The SMILES string of the molecule is CC(NCc1cccnc1)C(O)c1ccc2c(c1)CCC2. The maximum Gasteiger partial charge on any atom is 0.0940 e. The minimum atomic E-state index is -0.479. The third kappa shape index (κ3) is 3.31. The van der Waals surface area contributed by atoms with Crippen LogP contribution in [0.25, 0.3) is 0 Å². The van der Waals surface area contributed by atoms with Crippen LogP contribution in [-0.2, 0) is 19.4 Å². The molecule has 3 nitrogen and oxygen atoms in total. The van der Waals surface area contributed by atoms with Crippen molar-refractivity contribution in [3.8, 4) is 0 Å². The van der Waals surface area contributed by atoms with Gasteiger partial charge in [0.1, 0.15) is 0 Å². The summed E-state index contributed by atoms with van der Waals surface area (Å²) in [6.45, 7) is 2.74. The van der Waals surface area contributed by atoms with Crippen molar-refractivity contribution in [2.75, 3.05) is 0 Å². The van der Waals surface area contributed by atoms with Gasteiger partial charge in [-0.1, -0.05) is 24.3 Å². The number of hydrogen-bond donors (Lipinski definition) is 2. The van der Waals surface area contributed by atoms with Gasteiger partial charge in [-0.2, -0.15) is 0 Å². The molecule has 0 bridgehead atoms. The van der Waals surface area contributed by atoms with Crippen molar-refractivity contribution in [1.29, 1.82) is 0 Å². The first kappa shape index (κ1) is 14.2. The lowest BCUT2D eigenvalue weighted by Gasteiger charge is -2.21. The van der Waals surface area contributed by atoms with E-state index in [1.54, 1.807) is 6.20 Å². The average Bonchev–Trinajstić information content (AvgIpc) is 3.00. The number of aromatic nitrogens is 1. The van der Waals surface area contributed by atoms with Gasteiger partial charge in [0.15, 0.2) is 0 Å². The summed E-state index contributed by atoms with van der Waals surface area (Å²) in [4.78, 5) is 4.10. The molecular formula is C18H22N2O. The highest BCUT2D eigenvalue weighted by atomic mass is 16.3. The van der Waals surface area contributed by atoms with Crippen molar-refractivity contribution in [3.05, 3.63) is 65.0 Å². The Kier molecular flexibility index (Phi) is 4.32. The smallest absolute Gasteiger partial charge is 0.0940 e. The predicted octanol–water partition coefficient (Wildman–Crippen LogP) is 2.78. The zero-order chi connectivity index (χ0) is 14.7. The van der Waals surface area contributed by atoms with E-state index in [-0.39, 0.29) is 6.04 Å². The van der Waals surface area contributed by atoms with E-state index in [2.05, 4.69) is 28.5 Å². The second-order valence-electron chi connectivity index (χ2n) is 5.86. The van der Waals surface area contributed by atoms with Gasteiger partial charge < -0.3 is 10.4 Å². The second kappa shape index (κ2) is 6.37. The third-order valence-electron chi connectivity index (χ3n) is 4.29. The Bertz CT molecular complexity index is 597. The Morgan fingerprint density at radius 2 is 2.10 bits per heavy atom. The number of aliphatic hydroxyl groups excluding tert-OH is 1. The number of benzene rings is 1. The summed E-state index contributed by atoms with van der Waals surface area (Å²) in [6.07, 6.45) is 6.71. The topological polar surface area (TPSA) is 45.2 Å². The number of rotatable bonds is 5. The van der Waals surface area contributed by atoms with Gasteiger partial charge in [-0.3, -0.25) is 4.98 Å². The van der Waals surface area contributed by atoms with Crippen LogP contribution in [0.2, 0.25) is 0 Å². The highest BCUT2D eigenvalue weighted by Crippen LogP contribution is 2.26. The molecule has 2 unspecified atom stereocenters. The van der Waals surface area contributed by atoms with Gasteiger partial charge in [0.25, 0.3) is 0 Å². The summed E-state index contributed by atoms with van der Waals surface area (Å²) in [7, 11) is 0. The zero-order valence-electron chi connectivity index (χ0n) is 12.4. The third-order valence-corrected chi connectivity index (χ3v) is 4.29. The summed E-state index contributed by atoms with van der Waals surface area (Å²) in [6, 6.07) is 10.4. The normalized spacial score (nSPS) is 16.5. The second-order valence-corrected chi connectivity index (χ2v) is 5.86. The number of hydrogen-bond acceptors (Lipinski definition) is 3. The molecule has 1 aromatic carbocycles. The molecule has 2 aromatic rings. The Balaban J connectivity index is 1.63. The van der Waals surface area contributed by atoms with E-state index in [1.807, 2.05) is 25.3 Å². The van der Waals surface area contributed by atoms with E-state index in [4.69, 9.17) is 0 Å². The summed E-state index contributed by atoms with van der Waals surface area (Å²) in [5.74, 6) is 0. The molecule has 0 saturated heterocycles. The van der Waals surface area contributed by atoms with Crippen molar-refractivity contribution in [2.45, 2.75) is 44.9 Å². The first-order valence-corrected chi connectivity index (χ1v) is 7.66. The molecule has 0 aliphatic heterocycles. The lowest BCUT2D eigenvalue weighted by atomic mass is 9.99. The molecule has 3 heteroatoms. The maximum absolute atomic E-state index is 10.5. The van der Waals surface area contributed by atoms with Crippen LogP contribution in [0.4, 0.5) is 0 Å². The number of pyridine rings is 1. The molecule has 0 fully saturated rings. The number of nitrogens with one attached hydrogen (secondary N) is 1. The summed E-state index contributed by atoms with van der Waals surface area (Å²) in [5.41, 5.74) is 5.00. The van der Waals surface area contributed by atoms with Gasteiger partial charge in [-0.05, 0) is 54.5 Å². The first-order chi connectivity index (χ1) is 10.2. The van der Waals surface area contributed by atoms with Crippen LogP contribution in [0.15, 0.2) is 42.7 Å². The fourth-order valence-corrected chi connectivity index (χ4v) is 2.96. The molecule has 1 heterocycles. The van der Waals surface area contributed by atoms with Crippen LogP contribution in [0.3, 0.4) is 0 Å². The number of fused-ring (bicyclic) bond motifs is 1. The van der Waals surface area contributed by atoms with Crippen LogP contribution >= 0.6 is 0 Å². The van der Waals surface area contributed by atoms with Crippen molar-refractivity contribution < 1.29 is 5.11 Å². The van der Waals surface area contributed by atoms with E-state index >= 15 is 0 Å². The van der Waals surface area contributed by atoms with E-state index in [0.717, 1.165) is 24.1 Å². The molecule has 2 atom stereocenters.